The van der Waals surface area contributed by atoms with Crippen molar-refractivity contribution in [2.45, 2.75) is 78.2 Å². The highest BCUT2D eigenvalue weighted by molar-refractivity contribution is 7.92. The van der Waals surface area contributed by atoms with Gasteiger partial charge >= 0.3 is 6.09 Å². The van der Waals surface area contributed by atoms with Crippen LogP contribution in [-0.4, -0.2) is 58.8 Å². The molecular weight excluding hydrogens is 652 g/mol. The van der Waals surface area contributed by atoms with Crippen molar-refractivity contribution in [3.63, 3.8) is 0 Å². The Hall–Kier alpha value is -4.10. The summed E-state index contributed by atoms with van der Waals surface area (Å²) in [5.41, 5.74) is 1.97. The third kappa shape index (κ3) is 8.48. The van der Waals surface area contributed by atoms with Gasteiger partial charge in [0, 0.05) is 41.9 Å². The molecule has 2 aromatic carbocycles. The van der Waals surface area contributed by atoms with Crippen LogP contribution in [0.3, 0.4) is 0 Å². The molecule has 1 saturated heterocycles. The molecule has 0 radical (unpaired) electrons. The molecule has 10 nitrogen and oxygen atoms in total. The molecular formula is C35H43FN6O4S2. The molecule has 0 aliphatic carbocycles. The van der Waals surface area contributed by atoms with E-state index in [1.807, 2.05) is 65.8 Å². The minimum Gasteiger partial charge on any atom is -0.444 e. The molecule has 2 aromatic heterocycles. The van der Waals surface area contributed by atoms with E-state index in [1.165, 1.54) is 17.4 Å². The molecule has 5 rings (SSSR count). The van der Waals surface area contributed by atoms with Gasteiger partial charge in [0.2, 0.25) is 16.0 Å². The number of anilines is 3. The minimum absolute atomic E-state index is 0.113. The van der Waals surface area contributed by atoms with Crippen LogP contribution in [0.15, 0.2) is 54.7 Å². The zero-order chi connectivity index (χ0) is 34.9. The molecule has 3 heterocycles. The molecule has 0 spiro atoms. The Morgan fingerprint density at radius 1 is 1.08 bits per heavy atom. The number of nitrogens with one attached hydrogen (secondary N) is 2. The number of hydrogen-bond acceptors (Lipinski definition) is 9. The average Bonchev–Trinajstić information content (AvgIpc) is 3.67. The van der Waals surface area contributed by atoms with Crippen molar-refractivity contribution < 1.29 is 22.3 Å². The Morgan fingerprint density at radius 2 is 1.83 bits per heavy atom. The quantitative estimate of drug-likeness (QED) is 0.179. The maximum atomic E-state index is 16.0. The van der Waals surface area contributed by atoms with Crippen LogP contribution >= 0.6 is 11.3 Å². The lowest BCUT2D eigenvalue weighted by molar-refractivity contribution is 0.0292. The van der Waals surface area contributed by atoms with Crippen LogP contribution in [0.1, 0.15) is 77.8 Å². The number of rotatable bonds is 9. The van der Waals surface area contributed by atoms with Gasteiger partial charge in [0.1, 0.15) is 5.60 Å². The Labute approximate surface area is 286 Å². The monoisotopic (exact) mass is 694 g/mol. The van der Waals surface area contributed by atoms with Gasteiger partial charge in [-0.3, -0.25) is 4.72 Å². The Bertz CT molecular complexity index is 1900. The van der Waals surface area contributed by atoms with Crippen molar-refractivity contribution in [1.82, 2.24) is 19.9 Å². The summed E-state index contributed by atoms with van der Waals surface area (Å²) in [5, 5.41) is 4.08. The molecule has 2 N–H and O–H groups in total. The van der Waals surface area contributed by atoms with Gasteiger partial charge in [-0.2, -0.15) is 0 Å². The molecule has 1 atom stereocenters. The first-order valence-electron chi connectivity index (χ1n) is 16.0. The molecule has 0 saturated carbocycles. The van der Waals surface area contributed by atoms with Crippen LogP contribution in [0.2, 0.25) is 0 Å². The van der Waals surface area contributed by atoms with E-state index in [-0.39, 0.29) is 34.4 Å². The molecule has 48 heavy (non-hydrogen) atoms. The topological polar surface area (TPSA) is 126 Å². The standard InChI is InChI=1S/C35H43FN6O4S2/c1-8-19-48(44,45)41-26-14-10-13-25(28(26)36)29-30(47-31(40-29)34(2,3)4)27-15-17-37-32(39-27)38-24-12-9-11-22(20-24)23-16-18-42(21-23)33(43)46-35(5,6)7/h9-15,17,20,23,41H,8,16,18-19,21H2,1-7H3,(H,37,38,39). The summed E-state index contributed by atoms with van der Waals surface area (Å²) in [7, 11) is -3.70. The number of ether oxygens (including phenoxy) is 1. The number of carbonyl (C=O) groups is 1. The van der Waals surface area contributed by atoms with Gasteiger partial charge in [0.15, 0.2) is 5.82 Å². The summed E-state index contributed by atoms with van der Waals surface area (Å²) in [5.74, 6) is -0.299. The summed E-state index contributed by atoms with van der Waals surface area (Å²) >= 11 is 1.41. The van der Waals surface area contributed by atoms with Gasteiger partial charge in [-0.25, -0.2) is 32.6 Å². The third-order valence-electron chi connectivity index (χ3n) is 7.60. The number of carbonyl (C=O) groups excluding carboxylic acids is 1. The first-order valence-corrected chi connectivity index (χ1v) is 18.5. The normalized spacial score (nSPS) is 15.4. The number of likely N-dealkylation sites (tertiary alicyclic amines) is 1. The first-order chi connectivity index (χ1) is 22.5. The maximum absolute atomic E-state index is 16.0. The zero-order valence-corrected chi connectivity index (χ0v) is 30.1. The Balaban J connectivity index is 1.42. The van der Waals surface area contributed by atoms with Gasteiger partial charge in [-0.15, -0.1) is 11.3 Å². The van der Waals surface area contributed by atoms with Gasteiger partial charge in [0.25, 0.3) is 0 Å². The van der Waals surface area contributed by atoms with Crippen molar-refractivity contribution in [2.75, 3.05) is 28.9 Å². The minimum atomic E-state index is -3.70. The van der Waals surface area contributed by atoms with Crippen molar-refractivity contribution in [3.8, 4) is 21.8 Å². The van der Waals surface area contributed by atoms with Gasteiger partial charge < -0.3 is 15.0 Å². The zero-order valence-electron chi connectivity index (χ0n) is 28.4. The van der Waals surface area contributed by atoms with Gasteiger partial charge in [0.05, 0.1) is 32.7 Å². The summed E-state index contributed by atoms with van der Waals surface area (Å²) in [6, 6.07) is 14.3. The third-order valence-corrected chi connectivity index (χ3v) is 10.6. The highest BCUT2D eigenvalue weighted by atomic mass is 32.2. The second-order valence-corrected chi connectivity index (χ2v) is 16.8. The van der Waals surface area contributed by atoms with E-state index < -0.39 is 21.4 Å². The fourth-order valence-corrected chi connectivity index (χ4v) is 7.59. The lowest BCUT2D eigenvalue weighted by atomic mass is 9.98. The van der Waals surface area contributed by atoms with Crippen molar-refractivity contribution in [1.29, 1.82) is 0 Å². The van der Waals surface area contributed by atoms with E-state index in [1.54, 1.807) is 36.2 Å². The second kappa shape index (κ2) is 13.8. The number of nitrogens with zero attached hydrogens (tertiary/aromatic N) is 4. The first kappa shape index (κ1) is 35.2. The number of halogens is 1. The van der Waals surface area contributed by atoms with Crippen LogP contribution < -0.4 is 10.0 Å². The predicted molar refractivity (Wildman–Crippen MR) is 190 cm³/mol. The van der Waals surface area contributed by atoms with Crippen LogP contribution in [0, 0.1) is 5.82 Å². The highest BCUT2D eigenvalue weighted by Gasteiger charge is 2.31. The molecule has 1 fully saturated rings. The average molecular weight is 695 g/mol. The molecule has 1 unspecified atom stereocenters. The number of hydrogen-bond donors (Lipinski definition) is 2. The molecule has 256 valence electrons. The second-order valence-electron chi connectivity index (χ2n) is 14.0. The Kier molecular flexibility index (Phi) is 10.1. The number of sulfonamides is 1. The molecule has 0 bridgehead atoms. The predicted octanol–water partition coefficient (Wildman–Crippen LogP) is 8.32. The lowest BCUT2D eigenvalue weighted by Gasteiger charge is -2.24. The van der Waals surface area contributed by atoms with Crippen LogP contribution in [0.4, 0.5) is 26.5 Å². The summed E-state index contributed by atoms with van der Waals surface area (Å²) in [6.07, 6.45) is 2.57. The van der Waals surface area contributed by atoms with Crippen LogP contribution in [0.25, 0.3) is 21.8 Å². The number of thiazole rings is 1. The Morgan fingerprint density at radius 3 is 2.54 bits per heavy atom. The molecule has 1 amide bonds. The molecule has 4 aromatic rings. The number of amides is 1. The molecule has 1 aliphatic heterocycles. The fourth-order valence-electron chi connectivity index (χ4n) is 5.35. The van der Waals surface area contributed by atoms with E-state index in [0.717, 1.165) is 22.7 Å². The summed E-state index contributed by atoms with van der Waals surface area (Å²) in [6.45, 7) is 14.6. The van der Waals surface area contributed by atoms with Crippen molar-refractivity contribution in [2.24, 2.45) is 0 Å². The van der Waals surface area contributed by atoms with E-state index in [4.69, 9.17) is 14.7 Å². The largest absolute Gasteiger partial charge is 0.444 e. The van der Waals surface area contributed by atoms with Crippen LogP contribution in [-0.2, 0) is 20.2 Å². The lowest BCUT2D eigenvalue weighted by Crippen LogP contribution is -2.35. The van der Waals surface area contributed by atoms with Crippen molar-refractivity contribution in [3.05, 3.63) is 71.1 Å². The van der Waals surface area contributed by atoms with Gasteiger partial charge in [-0.05, 0) is 69.5 Å². The van der Waals surface area contributed by atoms with Gasteiger partial charge in [-0.1, -0.05) is 45.9 Å². The molecule has 13 heteroatoms. The van der Waals surface area contributed by atoms with E-state index in [9.17, 15) is 13.2 Å². The smallest absolute Gasteiger partial charge is 0.410 e. The number of aromatic nitrogens is 3. The van der Waals surface area contributed by atoms with E-state index >= 15 is 4.39 Å². The highest BCUT2D eigenvalue weighted by Crippen LogP contribution is 2.42. The van der Waals surface area contributed by atoms with Crippen LogP contribution in [0.5, 0.6) is 0 Å². The summed E-state index contributed by atoms with van der Waals surface area (Å²) in [4.78, 5) is 29.1. The SMILES string of the molecule is CCCS(=O)(=O)Nc1cccc(-c2nc(C(C)(C)C)sc2-c2ccnc(Nc3cccc(C4CCN(C(=O)OC(C)(C)C)C4)c3)n2)c1F. The molecule has 1 aliphatic rings. The fraction of sp³-hybridized carbons (Fsp3) is 0.429. The summed E-state index contributed by atoms with van der Waals surface area (Å²) < 4.78 is 48.8. The van der Waals surface area contributed by atoms with E-state index in [2.05, 4.69) is 15.0 Å². The van der Waals surface area contributed by atoms with E-state index in [0.29, 0.717) is 41.7 Å². The number of benzene rings is 2. The van der Waals surface area contributed by atoms with Crippen molar-refractivity contribution >= 4 is 44.8 Å². The maximum Gasteiger partial charge on any atom is 0.410 e.